The van der Waals surface area contributed by atoms with E-state index in [2.05, 4.69) is 4.90 Å². The Hall–Kier alpha value is -2.89. The number of anilines is 1. The maximum absolute atomic E-state index is 13.0. The standard InChI is InChI=1S/C20H24N2O4/c1-24-15-8-9-18(25-2)16(14-15)20(23)22-12-10-21(11-13-22)17-6-4-5-7-19(17)26-3/h4-9,14H,10-13H2,1-3H3. The molecule has 0 N–H and O–H groups in total. The van der Waals surface area contributed by atoms with Gasteiger partial charge in [0.2, 0.25) is 0 Å². The molecule has 3 rings (SSSR count). The minimum Gasteiger partial charge on any atom is -0.497 e. The van der Waals surface area contributed by atoms with Crippen molar-refractivity contribution in [2.24, 2.45) is 0 Å². The molecule has 1 aliphatic heterocycles. The lowest BCUT2D eigenvalue weighted by atomic mass is 10.1. The number of rotatable bonds is 5. The molecule has 0 unspecified atom stereocenters. The number of para-hydroxylation sites is 2. The van der Waals surface area contributed by atoms with Gasteiger partial charge >= 0.3 is 0 Å². The highest BCUT2D eigenvalue weighted by molar-refractivity contribution is 5.97. The van der Waals surface area contributed by atoms with E-state index in [0.717, 1.165) is 24.5 Å². The number of hydrogen-bond donors (Lipinski definition) is 0. The number of hydrogen-bond acceptors (Lipinski definition) is 5. The number of amides is 1. The number of carbonyl (C=O) groups excluding carboxylic acids is 1. The van der Waals surface area contributed by atoms with Gasteiger partial charge in [0.25, 0.3) is 5.91 Å². The van der Waals surface area contributed by atoms with E-state index in [1.54, 1.807) is 39.5 Å². The minimum atomic E-state index is -0.0413. The highest BCUT2D eigenvalue weighted by Crippen LogP contribution is 2.29. The minimum absolute atomic E-state index is 0.0413. The molecular weight excluding hydrogens is 332 g/mol. The van der Waals surface area contributed by atoms with Gasteiger partial charge in [-0.25, -0.2) is 0 Å². The number of ether oxygens (including phenoxy) is 3. The van der Waals surface area contributed by atoms with Crippen LogP contribution in [-0.2, 0) is 0 Å². The molecule has 1 fully saturated rings. The molecule has 1 amide bonds. The first-order chi connectivity index (χ1) is 12.7. The van der Waals surface area contributed by atoms with Crippen LogP contribution in [0.3, 0.4) is 0 Å². The molecular formula is C20H24N2O4. The molecule has 6 heteroatoms. The highest BCUT2D eigenvalue weighted by Gasteiger charge is 2.25. The summed E-state index contributed by atoms with van der Waals surface area (Å²) in [6, 6.07) is 13.2. The lowest BCUT2D eigenvalue weighted by Gasteiger charge is -2.36. The maximum atomic E-state index is 13.0. The number of carbonyl (C=O) groups is 1. The van der Waals surface area contributed by atoms with Crippen LogP contribution in [0.25, 0.3) is 0 Å². The van der Waals surface area contributed by atoms with E-state index < -0.39 is 0 Å². The number of methoxy groups -OCH3 is 3. The maximum Gasteiger partial charge on any atom is 0.257 e. The van der Waals surface area contributed by atoms with Crippen molar-refractivity contribution in [3.8, 4) is 17.2 Å². The Morgan fingerprint density at radius 2 is 1.54 bits per heavy atom. The Morgan fingerprint density at radius 3 is 2.19 bits per heavy atom. The lowest BCUT2D eigenvalue weighted by molar-refractivity contribution is 0.0743. The third-order valence-electron chi connectivity index (χ3n) is 4.63. The van der Waals surface area contributed by atoms with E-state index in [0.29, 0.717) is 30.2 Å². The zero-order valence-electron chi connectivity index (χ0n) is 15.4. The SMILES string of the molecule is COc1ccc(OC)c(C(=O)N2CCN(c3ccccc3OC)CC2)c1. The smallest absolute Gasteiger partial charge is 0.257 e. The second kappa shape index (κ2) is 7.99. The normalized spacial score (nSPS) is 14.1. The molecule has 0 saturated carbocycles. The van der Waals surface area contributed by atoms with Crippen LogP contribution in [0.4, 0.5) is 5.69 Å². The molecule has 26 heavy (non-hydrogen) atoms. The van der Waals surface area contributed by atoms with Gasteiger partial charge in [-0.15, -0.1) is 0 Å². The van der Waals surface area contributed by atoms with Crippen LogP contribution in [0, 0.1) is 0 Å². The van der Waals surface area contributed by atoms with Crippen molar-refractivity contribution in [3.63, 3.8) is 0 Å². The van der Waals surface area contributed by atoms with Gasteiger partial charge in [0.1, 0.15) is 17.2 Å². The summed E-state index contributed by atoms with van der Waals surface area (Å²) in [5.41, 5.74) is 1.58. The van der Waals surface area contributed by atoms with Crippen LogP contribution in [0.15, 0.2) is 42.5 Å². The van der Waals surface area contributed by atoms with Crippen LogP contribution in [-0.4, -0.2) is 58.3 Å². The quantitative estimate of drug-likeness (QED) is 0.824. The van der Waals surface area contributed by atoms with Crippen molar-refractivity contribution in [1.29, 1.82) is 0 Å². The zero-order valence-corrected chi connectivity index (χ0v) is 15.4. The topological polar surface area (TPSA) is 51.2 Å². The molecule has 0 bridgehead atoms. The molecule has 0 aromatic heterocycles. The third kappa shape index (κ3) is 3.54. The fourth-order valence-corrected chi connectivity index (χ4v) is 3.19. The summed E-state index contributed by atoms with van der Waals surface area (Å²) in [7, 11) is 4.83. The monoisotopic (exact) mass is 356 g/mol. The molecule has 2 aromatic carbocycles. The molecule has 138 valence electrons. The first kappa shape index (κ1) is 17.9. The van der Waals surface area contributed by atoms with Crippen LogP contribution in [0.5, 0.6) is 17.2 Å². The largest absolute Gasteiger partial charge is 0.497 e. The van der Waals surface area contributed by atoms with Crippen LogP contribution in [0.2, 0.25) is 0 Å². The van der Waals surface area contributed by atoms with Crippen LogP contribution < -0.4 is 19.1 Å². The van der Waals surface area contributed by atoms with Crippen molar-refractivity contribution in [2.45, 2.75) is 0 Å². The predicted octanol–water partition coefficient (Wildman–Crippen LogP) is 2.67. The molecule has 0 radical (unpaired) electrons. The summed E-state index contributed by atoms with van der Waals surface area (Å²) in [6.45, 7) is 2.77. The summed E-state index contributed by atoms with van der Waals surface area (Å²) >= 11 is 0. The molecule has 2 aromatic rings. The highest BCUT2D eigenvalue weighted by atomic mass is 16.5. The van der Waals surface area contributed by atoms with Gasteiger partial charge in [-0.3, -0.25) is 4.79 Å². The summed E-state index contributed by atoms with van der Waals surface area (Å²) < 4.78 is 16.0. The zero-order chi connectivity index (χ0) is 18.5. The second-order valence-corrected chi connectivity index (χ2v) is 6.02. The number of nitrogens with zero attached hydrogens (tertiary/aromatic N) is 2. The van der Waals surface area contributed by atoms with Gasteiger partial charge in [0.05, 0.1) is 32.6 Å². The predicted molar refractivity (Wildman–Crippen MR) is 101 cm³/mol. The van der Waals surface area contributed by atoms with Crippen molar-refractivity contribution < 1.29 is 19.0 Å². The average molecular weight is 356 g/mol. The first-order valence-corrected chi connectivity index (χ1v) is 8.57. The van der Waals surface area contributed by atoms with Gasteiger partial charge in [-0.05, 0) is 30.3 Å². The van der Waals surface area contributed by atoms with Crippen molar-refractivity contribution in [2.75, 3.05) is 52.4 Å². The Balaban J connectivity index is 1.73. The molecule has 1 heterocycles. The first-order valence-electron chi connectivity index (χ1n) is 8.57. The molecule has 6 nitrogen and oxygen atoms in total. The molecule has 0 atom stereocenters. The van der Waals surface area contributed by atoms with Crippen LogP contribution in [0.1, 0.15) is 10.4 Å². The van der Waals surface area contributed by atoms with Crippen LogP contribution >= 0.6 is 0 Å². The molecule has 1 saturated heterocycles. The fraction of sp³-hybridized carbons (Fsp3) is 0.350. The number of piperazine rings is 1. The fourth-order valence-electron chi connectivity index (χ4n) is 3.19. The lowest BCUT2D eigenvalue weighted by Crippen LogP contribution is -2.49. The molecule has 0 spiro atoms. The van der Waals surface area contributed by atoms with E-state index >= 15 is 0 Å². The van der Waals surface area contributed by atoms with E-state index in [-0.39, 0.29) is 5.91 Å². The van der Waals surface area contributed by atoms with Gasteiger partial charge in [-0.2, -0.15) is 0 Å². The van der Waals surface area contributed by atoms with Gasteiger partial charge < -0.3 is 24.0 Å². The van der Waals surface area contributed by atoms with Crippen molar-refractivity contribution in [3.05, 3.63) is 48.0 Å². The summed E-state index contributed by atoms with van der Waals surface area (Å²) in [6.07, 6.45) is 0. The van der Waals surface area contributed by atoms with Gasteiger partial charge in [0.15, 0.2) is 0 Å². The van der Waals surface area contributed by atoms with Crippen molar-refractivity contribution in [1.82, 2.24) is 4.90 Å². The molecule has 1 aliphatic rings. The van der Waals surface area contributed by atoms with Gasteiger partial charge in [0, 0.05) is 26.2 Å². The summed E-state index contributed by atoms with van der Waals surface area (Å²) in [4.78, 5) is 17.1. The Bertz CT molecular complexity index is 770. The van der Waals surface area contributed by atoms with E-state index in [9.17, 15) is 4.79 Å². The summed E-state index contributed by atoms with van der Waals surface area (Å²) in [5, 5.41) is 0. The Morgan fingerprint density at radius 1 is 0.846 bits per heavy atom. The van der Waals surface area contributed by atoms with E-state index in [1.807, 2.05) is 29.2 Å². The van der Waals surface area contributed by atoms with Crippen molar-refractivity contribution >= 4 is 11.6 Å². The average Bonchev–Trinajstić information content (AvgIpc) is 2.72. The second-order valence-electron chi connectivity index (χ2n) is 6.02. The third-order valence-corrected chi connectivity index (χ3v) is 4.63. The van der Waals surface area contributed by atoms with E-state index in [1.165, 1.54) is 0 Å². The Kier molecular flexibility index (Phi) is 5.51. The Labute approximate surface area is 153 Å². The van der Waals surface area contributed by atoms with E-state index in [4.69, 9.17) is 14.2 Å². The summed E-state index contributed by atoms with van der Waals surface area (Å²) in [5.74, 6) is 2.01. The number of benzene rings is 2. The van der Waals surface area contributed by atoms with Gasteiger partial charge in [-0.1, -0.05) is 12.1 Å². The molecule has 0 aliphatic carbocycles.